The minimum absolute atomic E-state index is 0.130. The molecule has 0 heterocycles. The lowest BCUT2D eigenvalue weighted by Crippen LogP contribution is -2.39. The summed E-state index contributed by atoms with van der Waals surface area (Å²) in [5.74, 6) is 0.401. The summed E-state index contributed by atoms with van der Waals surface area (Å²) < 4.78 is 0. The first-order chi connectivity index (χ1) is 9.97. The molecule has 2 aliphatic rings. The lowest BCUT2D eigenvalue weighted by atomic mass is 9.83. The highest BCUT2D eigenvalue weighted by Crippen LogP contribution is 2.46. The van der Waals surface area contributed by atoms with Crippen LogP contribution in [0.25, 0.3) is 0 Å². The molecule has 3 heteroatoms. The van der Waals surface area contributed by atoms with Crippen LogP contribution in [-0.2, 0) is 6.42 Å². The van der Waals surface area contributed by atoms with Crippen LogP contribution in [0.5, 0.6) is 0 Å². The number of aliphatic hydroxyl groups is 1. The molecule has 21 heavy (non-hydrogen) atoms. The maximum absolute atomic E-state index is 10.2. The van der Waals surface area contributed by atoms with Crippen LogP contribution >= 0.6 is 11.6 Å². The van der Waals surface area contributed by atoms with E-state index < -0.39 is 0 Å². The molecular weight excluding hydrogens is 282 g/mol. The SMILES string of the molecule is CC1(C)Cc2ccc(Cl)cc2C1NCC1CCCCC1O. The zero-order valence-corrected chi connectivity index (χ0v) is 13.8. The van der Waals surface area contributed by atoms with Crippen LogP contribution in [-0.4, -0.2) is 17.8 Å². The summed E-state index contributed by atoms with van der Waals surface area (Å²) in [5, 5.41) is 14.7. The van der Waals surface area contributed by atoms with Crippen molar-refractivity contribution in [2.75, 3.05) is 6.54 Å². The van der Waals surface area contributed by atoms with Gasteiger partial charge in [-0.25, -0.2) is 0 Å². The predicted molar refractivity (Wildman–Crippen MR) is 87.6 cm³/mol. The van der Waals surface area contributed by atoms with Crippen LogP contribution in [0.1, 0.15) is 56.7 Å². The van der Waals surface area contributed by atoms with Crippen LogP contribution < -0.4 is 5.32 Å². The fraction of sp³-hybridized carbons (Fsp3) is 0.667. The van der Waals surface area contributed by atoms with Gasteiger partial charge in [0.15, 0.2) is 0 Å². The van der Waals surface area contributed by atoms with Gasteiger partial charge in [0.1, 0.15) is 0 Å². The normalized spacial score (nSPS) is 31.1. The molecule has 3 atom stereocenters. The Hall–Kier alpha value is -0.570. The smallest absolute Gasteiger partial charge is 0.0580 e. The fourth-order valence-electron chi connectivity index (χ4n) is 4.09. The summed E-state index contributed by atoms with van der Waals surface area (Å²) in [6.07, 6.45) is 5.48. The van der Waals surface area contributed by atoms with E-state index in [-0.39, 0.29) is 11.5 Å². The second kappa shape index (κ2) is 5.91. The van der Waals surface area contributed by atoms with E-state index in [1.807, 2.05) is 6.07 Å². The number of hydrogen-bond acceptors (Lipinski definition) is 2. The van der Waals surface area contributed by atoms with Crippen molar-refractivity contribution in [3.8, 4) is 0 Å². The van der Waals surface area contributed by atoms with Gasteiger partial charge in [-0.15, -0.1) is 0 Å². The molecule has 0 spiro atoms. The second-order valence-electron chi connectivity index (χ2n) is 7.46. The number of nitrogens with one attached hydrogen (secondary N) is 1. The van der Waals surface area contributed by atoms with Crippen molar-refractivity contribution in [1.82, 2.24) is 5.32 Å². The van der Waals surface area contributed by atoms with E-state index in [9.17, 15) is 5.11 Å². The summed E-state index contributed by atoms with van der Waals surface area (Å²) >= 11 is 6.19. The van der Waals surface area contributed by atoms with E-state index in [0.29, 0.717) is 12.0 Å². The van der Waals surface area contributed by atoms with Crippen molar-refractivity contribution in [2.24, 2.45) is 11.3 Å². The molecule has 0 bridgehead atoms. The molecular formula is C18H26ClNO. The second-order valence-corrected chi connectivity index (χ2v) is 7.90. The molecule has 3 unspecified atom stereocenters. The molecule has 1 fully saturated rings. The van der Waals surface area contributed by atoms with E-state index in [4.69, 9.17) is 11.6 Å². The Labute approximate surface area is 132 Å². The Kier molecular flexibility index (Phi) is 4.31. The molecule has 1 aromatic carbocycles. The summed E-state index contributed by atoms with van der Waals surface area (Å²) in [6, 6.07) is 6.60. The minimum atomic E-state index is -0.130. The number of benzene rings is 1. The molecule has 116 valence electrons. The van der Waals surface area contributed by atoms with Gasteiger partial charge in [-0.05, 0) is 53.9 Å². The average molecular weight is 308 g/mol. The maximum atomic E-state index is 10.2. The quantitative estimate of drug-likeness (QED) is 0.881. The zero-order valence-electron chi connectivity index (χ0n) is 13.0. The summed E-state index contributed by atoms with van der Waals surface area (Å²) in [7, 11) is 0. The number of hydrogen-bond donors (Lipinski definition) is 2. The first-order valence-corrected chi connectivity index (χ1v) is 8.55. The number of rotatable bonds is 3. The van der Waals surface area contributed by atoms with Gasteiger partial charge in [0.2, 0.25) is 0 Å². The average Bonchev–Trinajstić information content (AvgIpc) is 2.68. The number of aliphatic hydroxyl groups excluding tert-OH is 1. The van der Waals surface area contributed by atoms with Crippen LogP contribution in [0, 0.1) is 11.3 Å². The van der Waals surface area contributed by atoms with Gasteiger partial charge in [-0.2, -0.15) is 0 Å². The molecule has 2 nitrogen and oxygen atoms in total. The topological polar surface area (TPSA) is 32.3 Å². The van der Waals surface area contributed by atoms with E-state index >= 15 is 0 Å². The number of fused-ring (bicyclic) bond motifs is 1. The van der Waals surface area contributed by atoms with Gasteiger partial charge in [0, 0.05) is 17.6 Å². The molecule has 0 aromatic heterocycles. The molecule has 1 aromatic rings. The van der Waals surface area contributed by atoms with Gasteiger partial charge >= 0.3 is 0 Å². The van der Waals surface area contributed by atoms with Crippen LogP contribution in [0.2, 0.25) is 5.02 Å². The summed E-state index contributed by atoms with van der Waals surface area (Å²) in [4.78, 5) is 0. The summed E-state index contributed by atoms with van der Waals surface area (Å²) in [6.45, 7) is 5.53. The van der Waals surface area contributed by atoms with Crippen molar-refractivity contribution in [2.45, 2.75) is 58.1 Å². The fourth-order valence-corrected chi connectivity index (χ4v) is 4.27. The zero-order chi connectivity index (χ0) is 15.0. The van der Waals surface area contributed by atoms with Crippen molar-refractivity contribution in [3.63, 3.8) is 0 Å². The molecule has 2 aliphatic carbocycles. The van der Waals surface area contributed by atoms with Crippen molar-refractivity contribution < 1.29 is 5.11 Å². The first-order valence-electron chi connectivity index (χ1n) is 8.17. The minimum Gasteiger partial charge on any atom is -0.393 e. The predicted octanol–water partition coefficient (Wildman–Crippen LogP) is 4.10. The highest BCUT2D eigenvalue weighted by molar-refractivity contribution is 6.30. The largest absolute Gasteiger partial charge is 0.393 e. The van der Waals surface area contributed by atoms with Crippen LogP contribution in [0.15, 0.2) is 18.2 Å². The van der Waals surface area contributed by atoms with Crippen molar-refractivity contribution >= 4 is 11.6 Å². The standard InChI is InChI=1S/C18H26ClNO/c1-18(2)10-12-7-8-14(19)9-15(12)17(18)20-11-13-5-3-4-6-16(13)21/h7-9,13,16-17,20-21H,3-6,10-11H2,1-2H3. The number of halogens is 1. The van der Waals surface area contributed by atoms with Crippen molar-refractivity contribution in [3.05, 3.63) is 34.3 Å². The Morgan fingerprint density at radius 1 is 1.29 bits per heavy atom. The lowest BCUT2D eigenvalue weighted by Gasteiger charge is -2.33. The molecule has 3 rings (SSSR count). The monoisotopic (exact) mass is 307 g/mol. The van der Waals surface area contributed by atoms with Crippen LogP contribution in [0.4, 0.5) is 0 Å². The highest BCUT2D eigenvalue weighted by Gasteiger charge is 2.39. The lowest BCUT2D eigenvalue weighted by molar-refractivity contribution is 0.0651. The molecule has 0 saturated heterocycles. The third-order valence-corrected chi connectivity index (χ3v) is 5.53. The summed E-state index contributed by atoms with van der Waals surface area (Å²) in [5.41, 5.74) is 2.95. The van der Waals surface area contributed by atoms with Gasteiger partial charge in [-0.1, -0.05) is 44.4 Å². The molecule has 0 radical (unpaired) electrons. The Morgan fingerprint density at radius 2 is 2.05 bits per heavy atom. The Bertz CT molecular complexity index is 514. The van der Waals surface area contributed by atoms with Gasteiger partial charge in [0.05, 0.1) is 6.10 Å². The van der Waals surface area contributed by atoms with Crippen molar-refractivity contribution in [1.29, 1.82) is 0 Å². The molecule has 0 aliphatic heterocycles. The molecule has 2 N–H and O–H groups in total. The molecule has 1 saturated carbocycles. The van der Waals surface area contributed by atoms with Crippen LogP contribution in [0.3, 0.4) is 0 Å². The Morgan fingerprint density at radius 3 is 2.81 bits per heavy atom. The molecule has 0 amide bonds. The third-order valence-electron chi connectivity index (χ3n) is 5.30. The third kappa shape index (κ3) is 3.13. The van der Waals surface area contributed by atoms with E-state index in [1.54, 1.807) is 0 Å². The Balaban J connectivity index is 1.73. The van der Waals surface area contributed by atoms with Gasteiger partial charge < -0.3 is 10.4 Å². The first kappa shape index (κ1) is 15.3. The maximum Gasteiger partial charge on any atom is 0.0580 e. The van der Waals surface area contributed by atoms with E-state index in [0.717, 1.165) is 30.8 Å². The van der Waals surface area contributed by atoms with E-state index in [1.165, 1.54) is 24.0 Å². The highest BCUT2D eigenvalue weighted by atomic mass is 35.5. The van der Waals surface area contributed by atoms with Gasteiger partial charge in [0.25, 0.3) is 0 Å². The van der Waals surface area contributed by atoms with Gasteiger partial charge in [-0.3, -0.25) is 0 Å². The van der Waals surface area contributed by atoms with E-state index in [2.05, 4.69) is 31.3 Å².